The number of carbonyl (C=O) groups excluding carboxylic acids is 1. The molecule has 142 valence electrons. The fraction of sp³-hybridized carbons (Fsp3) is 0.278. The minimum atomic E-state index is -4.57. The van der Waals surface area contributed by atoms with E-state index in [1.54, 1.807) is 13.0 Å². The number of aryl methyl sites for hydroxylation is 3. The SMILES string of the molecule is Cc1ccc(F)c(NC(=O)Cn2nc(C)c3c(C(F)(F)F)cc(C)nc32)c1. The van der Waals surface area contributed by atoms with Crippen molar-refractivity contribution in [3.05, 3.63) is 52.6 Å². The summed E-state index contributed by atoms with van der Waals surface area (Å²) in [7, 11) is 0. The third kappa shape index (κ3) is 3.76. The van der Waals surface area contributed by atoms with Gasteiger partial charge in [0.25, 0.3) is 0 Å². The lowest BCUT2D eigenvalue weighted by atomic mass is 10.1. The molecule has 0 spiro atoms. The standard InChI is InChI=1S/C18H16F4N4O/c1-9-4-5-13(19)14(6-9)24-15(27)8-26-17-16(11(3)25-26)12(18(20,21)22)7-10(2)23-17/h4-7H,8H2,1-3H3,(H,24,27). The van der Waals surface area contributed by atoms with Gasteiger partial charge in [-0.25, -0.2) is 14.1 Å². The number of anilines is 1. The average molecular weight is 380 g/mol. The molecule has 0 unspecified atom stereocenters. The second kappa shape index (κ2) is 6.64. The second-order valence-electron chi connectivity index (χ2n) is 6.28. The highest BCUT2D eigenvalue weighted by Crippen LogP contribution is 2.36. The molecule has 5 nitrogen and oxygen atoms in total. The number of halogens is 4. The van der Waals surface area contributed by atoms with Crippen molar-refractivity contribution in [2.24, 2.45) is 0 Å². The maximum absolute atomic E-state index is 13.8. The molecule has 1 aromatic carbocycles. The number of fused-ring (bicyclic) bond motifs is 1. The van der Waals surface area contributed by atoms with E-state index in [4.69, 9.17) is 0 Å². The third-order valence-corrected chi connectivity index (χ3v) is 4.00. The van der Waals surface area contributed by atoms with Crippen LogP contribution in [-0.4, -0.2) is 20.7 Å². The lowest BCUT2D eigenvalue weighted by molar-refractivity contribution is -0.136. The van der Waals surface area contributed by atoms with Gasteiger partial charge in [-0.05, 0) is 44.5 Å². The molecular weight excluding hydrogens is 364 g/mol. The summed E-state index contributed by atoms with van der Waals surface area (Å²) in [6.45, 7) is 4.20. The first-order chi connectivity index (χ1) is 12.6. The molecule has 0 radical (unpaired) electrons. The van der Waals surface area contributed by atoms with E-state index in [1.807, 2.05) is 0 Å². The van der Waals surface area contributed by atoms with Crippen molar-refractivity contribution in [1.29, 1.82) is 0 Å². The Morgan fingerprint density at radius 1 is 1.19 bits per heavy atom. The number of nitrogens with one attached hydrogen (secondary N) is 1. The van der Waals surface area contributed by atoms with E-state index >= 15 is 0 Å². The van der Waals surface area contributed by atoms with Gasteiger partial charge in [-0.3, -0.25) is 4.79 Å². The van der Waals surface area contributed by atoms with Crippen molar-refractivity contribution in [3.8, 4) is 0 Å². The molecule has 0 bridgehead atoms. The zero-order chi connectivity index (χ0) is 19.9. The third-order valence-electron chi connectivity index (χ3n) is 4.00. The fourth-order valence-corrected chi connectivity index (χ4v) is 2.87. The number of aromatic nitrogens is 3. The number of carbonyl (C=O) groups is 1. The number of amides is 1. The molecule has 2 heterocycles. The van der Waals surface area contributed by atoms with Crippen LogP contribution < -0.4 is 5.32 Å². The number of benzene rings is 1. The van der Waals surface area contributed by atoms with Gasteiger partial charge in [0, 0.05) is 5.69 Å². The minimum absolute atomic E-state index is 0.00620. The monoisotopic (exact) mass is 380 g/mol. The zero-order valence-electron chi connectivity index (χ0n) is 14.8. The number of rotatable bonds is 3. The highest BCUT2D eigenvalue weighted by molar-refractivity contribution is 5.92. The summed E-state index contributed by atoms with van der Waals surface area (Å²) in [5.74, 6) is -1.23. The van der Waals surface area contributed by atoms with Crippen LogP contribution in [0.2, 0.25) is 0 Å². The molecule has 0 aliphatic carbocycles. The molecule has 0 saturated heterocycles. The van der Waals surface area contributed by atoms with Crippen molar-refractivity contribution < 1.29 is 22.4 Å². The molecule has 0 fully saturated rings. The van der Waals surface area contributed by atoms with E-state index in [0.717, 1.165) is 16.3 Å². The van der Waals surface area contributed by atoms with Crippen LogP contribution in [0.1, 0.15) is 22.5 Å². The summed E-state index contributed by atoms with van der Waals surface area (Å²) in [6, 6.07) is 5.19. The van der Waals surface area contributed by atoms with Crippen molar-refractivity contribution >= 4 is 22.6 Å². The Bertz CT molecular complexity index is 1040. The highest BCUT2D eigenvalue weighted by Gasteiger charge is 2.35. The topological polar surface area (TPSA) is 59.8 Å². The lowest BCUT2D eigenvalue weighted by Crippen LogP contribution is -2.20. The average Bonchev–Trinajstić information content (AvgIpc) is 2.85. The van der Waals surface area contributed by atoms with E-state index in [1.165, 1.54) is 26.0 Å². The van der Waals surface area contributed by atoms with Crippen LogP contribution in [0, 0.1) is 26.6 Å². The number of hydrogen-bond donors (Lipinski definition) is 1. The molecule has 1 amide bonds. The predicted octanol–water partition coefficient (Wildman–Crippen LogP) is 4.15. The van der Waals surface area contributed by atoms with Crippen molar-refractivity contribution in [3.63, 3.8) is 0 Å². The summed E-state index contributed by atoms with van der Waals surface area (Å²) >= 11 is 0. The minimum Gasteiger partial charge on any atom is -0.322 e. The largest absolute Gasteiger partial charge is 0.417 e. The van der Waals surface area contributed by atoms with Crippen LogP contribution in [0.25, 0.3) is 11.0 Å². The second-order valence-corrected chi connectivity index (χ2v) is 6.28. The molecule has 0 saturated carbocycles. The Labute approximate surface area is 152 Å². The maximum Gasteiger partial charge on any atom is 0.417 e. The highest BCUT2D eigenvalue weighted by atomic mass is 19.4. The van der Waals surface area contributed by atoms with Gasteiger partial charge in [0.15, 0.2) is 5.65 Å². The Kier molecular flexibility index (Phi) is 4.63. The molecule has 0 aliphatic heterocycles. The van der Waals surface area contributed by atoms with Crippen molar-refractivity contribution in [2.45, 2.75) is 33.5 Å². The Morgan fingerprint density at radius 3 is 2.56 bits per heavy atom. The molecule has 3 aromatic rings. The zero-order valence-corrected chi connectivity index (χ0v) is 14.8. The van der Waals surface area contributed by atoms with Crippen molar-refractivity contribution in [2.75, 3.05) is 5.32 Å². The van der Waals surface area contributed by atoms with E-state index in [-0.39, 0.29) is 28.1 Å². The van der Waals surface area contributed by atoms with Crippen molar-refractivity contribution in [1.82, 2.24) is 14.8 Å². The van der Waals surface area contributed by atoms with Gasteiger partial charge in [-0.2, -0.15) is 18.3 Å². The van der Waals surface area contributed by atoms with Gasteiger partial charge < -0.3 is 5.32 Å². The first kappa shape index (κ1) is 18.8. The van der Waals surface area contributed by atoms with Crippen LogP contribution in [0.4, 0.5) is 23.2 Å². The molecule has 0 atom stereocenters. The number of pyridine rings is 1. The summed E-state index contributed by atoms with van der Waals surface area (Å²) in [5, 5.41) is 6.28. The van der Waals surface area contributed by atoms with Crippen LogP contribution in [-0.2, 0) is 17.5 Å². The summed E-state index contributed by atoms with van der Waals surface area (Å²) in [4.78, 5) is 16.4. The van der Waals surface area contributed by atoms with Gasteiger partial charge in [-0.1, -0.05) is 6.07 Å². The van der Waals surface area contributed by atoms with E-state index in [2.05, 4.69) is 15.4 Å². The van der Waals surface area contributed by atoms with Gasteiger partial charge in [0.2, 0.25) is 5.91 Å². The molecular formula is C18H16F4N4O. The smallest absolute Gasteiger partial charge is 0.322 e. The Balaban J connectivity index is 1.97. The van der Waals surface area contributed by atoms with Crippen LogP contribution in [0.5, 0.6) is 0 Å². The molecule has 3 rings (SSSR count). The van der Waals surface area contributed by atoms with Gasteiger partial charge in [0.05, 0.1) is 22.3 Å². The van der Waals surface area contributed by atoms with Crippen LogP contribution in [0.15, 0.2) is 24.3 Å². The van der Waals surface area contributed by atoms with E-state index < -0.39 is 30.0 Å². The quantitative estimate of drug-likeness (QED) is 0.695. The molecule has 27 heavy (non-hydrogen) atoms. The Hall–Kier alpha value is -2.97. The molecule has 2 aromatic heterocycles. The number of hydrogen-bond acceptors (Lipinski definition) is 3. The number of nitrogens with zero attached hydrogens (tertiary/aromatic N) is 3. The van der Waals surface area contributed by atoms with E-state index in [9.17, 15) is 22.4 Å². The Morgan fingerprint density at radius 2 is 1.89 bits per heavy atom. The van der Waals surface area contributed by atoms with Gasteiger partial charge in [0.1, 0.15) is 12.4 Å². The normalized spacial score (nSPS) is 11.8. The number of alkyl halides is 3. The molecule has 1 N–H and O–H groups in total. The fourth-order valence-electron chi connectivity index (χ4n) is 2.87. The molecule has 9 heteroatoms. The van der Waals surface area contributed by atoms with Gasteiger partial charge >= 0.3 is 6.18 Å². The first-order valence-electron chi connectivity index (χ1n) is 8.04. The summed E-state index contributed by atoms with van der Waals surface area (Å²) in [6.07, 6.45) is -4.57. The predicted molar refractivity (Wildman–Crippen MR) is 91.8 cm³/mol. The summed E-state index contributed by atoms with van der Waals surface area (Å²) in [5.41, 5.74) is 0.117. The summed E-state index contributed by atoms with van der Waals surface area (Å²) < 4.78 is 54.9. The van der Waals surface area contributed by atoms with Crippen LogP contribution in [0.3, 0.4) is 0 Å². The van der Waals surface area contributed by atoms with Crippen LogP contribution >= 0.6 is 0 Å². The molecule has 0 aliphatic rings. The maximum atomic E-state index is 13.8. The first-order valence-corrected chi connectivity index (χ1v) is 8.04. The van der Waals surface area contributed by atoms with Gasteiger partial charge in [-0.15, -0.1) is 0 Å². The lowest BCUT2D eigenvalue weighted by Gasteiger charge is -2.10. The van der Waals surface area contributed by atoms with E-state index in [0.29, 0.717) is 0 Å².